The molecule has 0 saturated heterocycles. The molecule has 0 aliphatic heterocycles. The largest absolute Gasteiger partial charge is 0.386 e. The summed E-state index contributed by atoms with van der Waals surface area (Å²) in [5, 5.41) is 10.9. The van der Waals surface area contributed by atoms with Crippen molar-refractivity contribution in [1.29, 1.82) is 0 Å². The smallest absolute Gasteiger partial charge is 0.153 e. The van der Waals surface area contributed by atoms with Gasteiger partial charge in [0, 0.05) is 17.7 Å². The van der Waals surface area contributed by atoms with Gasteiger partial charge in [0.15, 0.2) is 5.84 Å². The zero-order valence-electron chi connectivity index (χ0n) is 15.7. The van der Waals surface area contributed by atoms with E-state index in [2.05, 4.69) is 43.2 Å². The van der Waals surface area contributed by atoms with Crippen LogP contribution in [0.5, 0.6) is 0 Å². The van der Waals surface area contributed by atoms with E-state index < -0.39 is 0 Å². The Balaban J connectivity index is 2.76. The van der Waals surface area contributed by atoms with Crippen LogP contribution in [-0.4, -0.2) is 30.9 Å². The third-order valence-corrected chi connectivity index (χ3v) is 4.06. The highest BCUT2D eigenvalue weighted by atomic mass is 16.5. The molecule has 0 amide bonds. The average molecular weight is 333 g/mol. The Morgan fingerprint density at radius 3 is 2.17 bits per heavy atom. The summed E-state index contributed by atoms with van der Waals surface area (Å²) in [5.41, 5.74) is 12.9. The van der Waals surface area contributed by atoms with Crippen LogP contribution >= 0.6 is 0 Å². The summed E-state index contributed by atoms with van der Waals surface area (Å²) in [5.74, 6) is 0.703. The standard InChI is InChI=1S/C18H31N5O/c1-13(19)22-23-16(20)14-7-9-15(10-8-14)18(4,5)24-12-11-17(2,3)21-6/h7-10,21H,11-12H2,1-6H3,(H2,19,22)(H2,20,23). The Morgan fingerprint density at radius 1 is 1.08 bits per heavy atom. The average Bonchev–Trinajstić information content (AvgIpc) is 2.52. The Labute approximate surface area is 145 Å². The van der Waals surface area contributed by atoms with Crippen LogP contribution < -0.4 is 16.8 Å². The molecule has 0 spiro atoms. The molecule has 1 aromatic rings. The second kappa shape index (κ2) is 8.26. The van der Waals surface area contributed by atoms with Crippen molar-refractivity contribution < 1.29 is 4.74 Å². The Hall–Kier alpha value is -1.92. The lowest BCUT2D eigenvalue weighted by molar-refractivity contribution is -0.0291. The maximum Gasteiger partial charge on any atom is 0.153 e. The molecule has 0 bridgehead atoms. The lowest BCUT2D eigenvalue weighted by atomic mass is 9.96. The van der Waals surface area contributed by atoms with Crippen molar-refractivity contribution in [3.05, 3.63) is 35.4 Å². The van der Waals surface area contributed by atoms with E-state index in [1.165, 1.54) is 0 Å². The first-order chi connectivity index (χ1) is 11.1. The molecule has 0 radical (unpaired) electrons. The first-order valence-corrected chi connectivity index (χ1v) is 8.14. The van der Waals surface area contributed by atoms with Gasteiger partial charge >= 0.3 is 0 Å². The first-order valence-electron chi connectivity index (χ1n) is 8.14. The summed E-state index contributed by atoms with van der Waals surface area (Å²) in [4.78, 5) is 0. The van der Waals surface area contributed by atoms with Crippen LogP contribution in [0.3, 0.4) is 0 Å². The summed E-state index contributed by atoms with van der Waals surface area (Å²) in [6.45, 7) is 10.8. The zero-order valence-corrected chi connectivity index (χ0v) is 15.7. The molecule has 0 atom stereocenters. The molecule has 5 N–H and O–H groups in total. The minimum absolute atomic E-state index is 0.0620. The van der Waals surface area contributed by atoms with Gasteiger partial charge < -0.3 is 21.5 Å². The number of nitrogens with two attached hydrogens (primary N) is 2. The minimum Gasteiger partial charge on any atom is -0.386 e. The molecule has 0 saturated carbocycles. The van der Waals surface area contributed by atoms with Gasteiger partial charge in [-0.15, -0.1) is 10.2 Å². The molecule has 0 aromatic heterocycles. The fourth-order valence-corrected chi connectivity index (χ4v) is 2.00. The number of amidine groups is 2. The fourth-order valence-electron chi connectivity index (χ4n) is 2.00. The third kappa shape index (κ3) is 6.29. The van der Waals surface area contributed by atoms with Gasteiger partial charge in [0.1, 0.15) is 5.84 Å². The van der Waals surface area contributed by atoms with E-state index in [-0.39, 0.29) is 11.1 Å². The number of nitrogens with one attached hydrogen (secondary N) is 1. The van der Waals surface area contributed by atoms with Gasteiger partial charge in [0.05, 0.1) is 5.60 Å². The predicted molar refractivity (Wildman–Crippen MR) is 101 cm³/mol. The minimum atomic E-state index is -0.375. The molecule has 0 heterocycles. The monoisotopic (exact) mass is 333 g/mol. The van der Waals surface area contributed by atoms with Crippen molar-refractivity contribution in [1.82, 2.24) is 5.32 Å². The van der Waals surface area contributed by atoms with Gasteiger partial charge in [-0.3, -0.25) is 0 Å². The van der Waals surface area contributed by atoms with Crippen LogP contribution in [0.15, 0.2) is 34.5 Å². The van der Waals surface area contributed by atoms with Crippen molar-refractivity contribution in [3.8, 4) is 0 Å². The SMILES string of the molecule is CNC(C)(C)CCOC(C)(C)c1ccc(/C(N)=N/N=C(/C)N)cc1. The van der Waals surface area contributed by atoms with Crippen LogP contribution in [0.25, 0.3) is 0 Å². The number of rotatable bonds is 8. The Kier molecular flexibility index (Phi) is 6.93. The molecule has 24 heavy (non-hydrogen) atoms. The molecule has 6 nitrogen and oxygen atoms in total. The third-order valence-electron chi connectivity index (χ3n) is 4.06. The molecular weight excluding hydrogens is 302 g/mol. The van der Waals surface area contributed by atoms with Crippen molar-refractivity contribution in [2.75, 3.05) is 13.7 Å². The van der Waals surface area contributed by atoms with Crippen molar-refractivity contribution in [2.24, 2.45) is 21.7 Å². The maximum atomic E-state index is 6.09. The number of nitrogens with zero attached hydrogens (tertiary/aromatic N) is 2. The zero-order chi connectivity index (χ0) is 18.4. The van der Waals surface area contributed by atoms with Crippen molar-refractivity contribution in [3.63, 3.8) is 0 Å². The van der Waals surface area contributed by atoms with E-state index in [0.29, 0.717) is 18.3 Å². The highest BCUT2D eigenvalue weighted by Crippen LogP contribution is 2.26. The molecule has 0 unspecified atom stereocenters. The van der Waals surface area contributed by atoms with Crippen LogP contribution in [0.4, 0.5) is 0 Å². The van der Waals surface area contributed by atoms with Crippen molar-refractivity contribution >= 4 is 11.7 Å². The molecule has 1 aromatic carbocycles. The summed E-state index contributed by atoms with van der Waals surface area (Å²) < 4.78 is 6.09. The molecule has 1 rings (SSSR count). The van der Waals surface area contributed by atoms with Crippen molar-refractivity contribution in [2.45, 2.75) is 52.2 Å². The number of hydrogen-bond acceptors (Lipinski definition) is 4. The van der Waals surface area contributed by atoms with Gasteiger partial charge in [0.2, 0.25) is 0 Å². The quantitative estimate of drug-likeness (QED) is 0.386. The molecule has 0 fully saturated rings. The van der Waals surface area contributed by atoms with Gasteiger partial charge in [-0.05, 0) is 53.7 Å². The van der Waals surface area contributed by atoms with Crippen LogP contribution in [0.1, 0.15) is 52.2 Å². The summed E-state index contributed by atoms with van der Waals surface area (Å²) in [6.07, 6.45) is 0.932. The molecular formula is C18H31N5O. The van der Waals surface area contributed by atoms with Gasteiger partial charge in [0.25, 0.3) is 0 Å². The summed E-state index contributed by atoms with van der Waals surface area (Å²) in [6, 6.07) is 7.83. The van der Waals surface area contributed by atoms with E-state index >= 15 is 0 Å². The maximum absolute atomic E-state index is 6.09. The Morgan fingerprint density at radius 2 is 1.67 bits per heavy atom. The topological polar surface area (TPSA) is 98.0 Å². The number of hydrogen-bond donors (Lipinski definition) is 3. The lowest BCUT2D eigenvalue weighted by Crippen LogP contribution is -2.38. The fraction of sp³-hybridized carbons (Fsp3) is 0.556. The van der Waals surface area contributed by atoms with Crippen LogP contribution in [0, 0.1) is 0 Å². The second-order valence-corrected chi connectivity index (χ2v) is 7.05. The lowest BCUT2D eigenvalue weighted by Gasteiger charge is -2.29. The summed E-state index contributed by atoms with van der Waals surface area (Å²) in [7, 11) is 1.96. The highest BCUT2D eigenvalue weighted by molar-refractivity contribution is 5.97. The van der Waals surface area contributed by atoms with E-state index in [4.69, 9.17) is 16.2 Å². The van der Waals surface area contributed by atoms with Crippen LogP contribution in [-0.2, 0) is 10.3 Å². The first kappa shape index (κ1) is 20.1. The highest BCUT2D eigenvalue weighted by Gasteiger charge is 2.23. The van der Waals surface area contributed by atoms with E-state index in [9.17, 15) is 0 Å². The number of benzene rings is 1. The predicted octanol–water partition coefficient (Wildman–Crippen LogP) is 2.32. The molecule has 134 valence electrons. The van der Waals surface area contributed by atoms with E-state index in [1.807, 2.05) is 31.3 Å². The van der Waals surface area contributed by atoms with E-state index in [0.717, 1.165) is 17.5 Å². The van der Waals surface area contributed by atoms with E-state index in [1.54, 1.807) is 6.92 Å². The second-order valence-electron chi connectivity index (χ2n) is 7.05. The molecule has 0 aliphatic carbocycles. The van der Waals surface area contributed by atoms with Gasteiger partial charge in [-0.2, -0.15) is 0 Å². The molecule has 6 heteroatoms. The normalized spacial score (nSPS) is 14.1. The number of ether oxygens (including phenoxy) is 1. The van der Waals surface area contributed by atoms with Crippen LogP contribution in [0.2, 0.25) is 0 Å². The van der Waals surface area contributed by atoms with Gasteiger partial charge in [-0.1, -0.05) is 24.3 Å². The Bertz CT molecular complexity index is 584. The van der Waals surface area contributed by atoms with Gasteiger partial charge in [-0.25, -0.2) is 0 Å². The molecule has 0 aliphatic rings. The summed E-state index contributed by atoms with van der Waals surface area (Å²) >= 11 is 0.